The van der Waals surface area contributed by atoms with Crippen LogP contribution in [0.4, 0.5) is 0 Å². The molecule has 2 N–H and O–H groups in total. The Balaban J connectivity index is 1.86. The first-order valence-corrected chi connectivity index (χ1v) is 6.37. The quantitative estimate of drug-likeness (QED) is 0.761. The predicted octanol–water partition coefficient (Wildman–Crippen LogP) is 1.79. The van der Waals surface area contributed by atoms with Crippen LogP contribution >= 0.6 is 0 Å². The van der Waals surface area contributed by atoms with Crippen molar-refractivity contribution in [3.05, 3.63) is 48.2 Å². The highest BCUT2D eigenvalue weighted by molar-refractivity contribution is 6.05. The molecule has 102 valence electrons. The molecule has 0 bridgehead atoms. The number of fused-ring (bicyclic) bond motifs is 1. The van der Waals surface area contributed by atoms with Crippen molar-refractivity contribution in [3.63, 3.8) is 0 Å². The molecule has 0 radical (unpaired) electrons. The van der Waals surface area contributed by atoms with Crippen LogP contribution in [0.25, 0.3) is 10.9 Å². The third kappa shape index (κ3) is 2.05. The van der Waals surface area contributed by atoms with Crippen LogP contribution in [0, 0.1) is 0 Å². The fourth-order valence-corrected chi connectivity index (χ4v) is 2.30. The van der Waals surface area contributed by atoms with E-state index in [4.69, 9.17) is 0 Å². The lowest BCUT2D eigenvalue weighted by Gasteiger charge is -2.13. The zero-order chi connectivity index (χ0) is 14.1. The van der Waals surface area contributed by atoms with Crippen LogP contribution in [-0.4, -0.2) is 25.7 Å². The number of benzene rings is 1. The largest absolute Gasteiger partial charge is 0.361 e. The number of carbonyl (C=O) groups excluding carboxylic acids is 1. The van der Waals surface area contributed by atoms with E-state index in [9.17, 15) is 4.79 Å². The van der Waals surface area contributed by atoms with Gasteiger partial charge in [-0.2, -0.15) is 0 Å². The summed E-state index contributed by atoms with van der Waals surface area (Å²) in [6, 6.07) is 7.38. The average molecular weight is 269 g/mol. The molecule has 0 aliphatic heterocycles. The Labute approximate surface area is 115 Å². The van der Waals surface area contributed by atoms with Crippen LogP contribution in [0.2, 0.25) is 0 Å². The smallest absolute Gasteiger partial charge is 0.253 e. The van der Waals surface area contributed by atoms with Gasteiger partial charge in [0.1, 0.15) is 6.33 Å². The minimum atomic E-state index is -0.208. The van der Waals surface area contributed by atoms with Crippen molar-refractivity contribution in [2.75, 3.05) is 0 Å². The number of nitrogens with zero attached hydrogens (tertiary/aromatic N) is 3. The lowest BCUT2D eigenvalue weighted by Crippen LogP contribution is -2.28. The average Bonchev–Trinajstić information content (AvgIpc) is 3.05. The first-order valence-electron chi connectivity index (χ1n) is 6.37. The molecular weight excluding hydrogens is 254 g/mol. The highest BCUT2D eigenvalue weighted by atomic mass is 16.1. The summed E-state index contributed by atoms with van der Waals surface area (Å²) in [6.45, 7) is 1.89. The second-order valence-electron chi connectivity index (χ2n) is 4.74. The molecule has 0 aliphatic rings. The molecule has 1 amide bonds. The number of amides is 1. The fraction of sp³-hybridized carbons (Fsp3) is 0.214. The van der Waals surface area contributed by atoms with Gasteiger partial charge in [-0.05, 0) is 19.1 Å². The molecule has 2 aromatic heterocycles. The van der Waals surface area contributed by atoms with Gasteiger partial charge in [-0.3, -0.25) is 4.79 Å². The lowest BCUT2D eigenvalue weighted by atomic mass is 10.1. The Morgan fingerprint density at radius 1 is 1.40 bits per heavy atom. The first kappa shape index (κ1) is 12.4. The van der Waals surface area contributed by atoms with Crippen LogP contribution in [-0.2, 0) is 7.05 Å². The van der Waals surface area contributed by atoms with E-state index in [2.05, 4.69) is 20.5 Å². The summed E-state index contributed by atoms with van der Waals surface area (Å²) in [5.74, 6) is 0.588. The van der Waals surface area contributed by atoms with E-state index in [1.165, 1.54) is 0 Å². The third-order valence-corrected chi connectivity index (χ3v) is 3.31. The van der Waals surface area contributed by atoms with Crippen LogP contribution in [0.15, 0.2) is 36.8 Å². The van der Waals surface area contributed by atoms with Gasteiger partial charge < -0.3 is 14.9 Å². The molecule has 0 spiro atoms. The van der Waals surface area contributed by atoms with Gasteiger partial charge in [0.2, 0.25) is 0 Å². The van der Waals surface area contributed by atoms with E-state index in [0.717, 1.165) is 16.7 Å². The Morgan fingerprint density at radius 3 is 3.00 bits per heavy atom. The molecule has 0 saturated carbocycles. The summed E-state index contributed by atoms with van der Waals surface area (Å²) in [4.78, 5) is 15.5. The lowest BCUT2D eigenvalue weighted by molar-refractivity contribution is 0.0939. The van der Waals surface area contributed by atoms with Gasteiger partial charge in [0, 0.05) is 18.6 Å². The Hall–Kier alpha value is -2.63. The van der Waals surface area contributed by atoms with Crippen molar-refractivity contribution in [1.29, 1.82) is 0 Å². The topological polar surface area (TPSA) is 75.6 Å². The number of carbonyl (C=O) groups is 1. The molecule has 1 unspecified atom stereocenters. The molecule has 6 heteroatoms. The SMILES string of the molecule is CC(NC(=O)c1cccc2cc[nH]c12)c1nncn1C. The van der Waals surface area contributed by atoms with Crippen molar-refractivity contribution in [3.8, 4) is 0 Å². The van der Waals surface area contributed by atoms with E-state index in [0.29, 0.717) is 5.56 Å². The number of aromatic nitrogens is 4. The van der Waals surface area contributed by atoms with Gasteiger partial charge in [0.15, 0.2) is 5.82 Å². The van der Waals surface area contributed by atoms with Crippen molar-refractivity contribution in [1.82, 2.24) is 25.1 Å². The number of para-hydroxylation sites is 1. The van der Waals surface area contributed by atoms with Gasteiger partial charge in [-0.25, -0.2) is 0 Å². The van der Waals surface area contributed by atoms with Gasteiger partial charge in [0.05, 0.1) is 17.1 Å². The summed E-state index contributed by atoms with van der Waals surface area (Å²) in [6.07, 6.45) is 3.44. The van der Waals surface area contributed by atoms with E-state index in [-0.39, 0.29) is 11.9 Å². The number of hydrogen-bond acceptors (Lipinski definition) is 3. The Bertz CT molecular complexity index is 758. The molecule has 3 rings (SSSR count). The van der Waals surface area contributed by atoms with Gasteiger partial charge >= 0.3 is 0 Å². The fourth-order valence-electron chi connectivity index (χ4n) is 2.30. The predicted molar refractivity (Wildman–Crippen MR) is 75.2 cm³/mol. The van der Waals surface area contributed by atoms with Crippen LogP contribution < -0.4 is 5.32 Å². The maximum absolute atomic E-state index is 12.4. The zero-order valence-electron chi connectivity index (χ0n) is 11.3. The molecule has 0 fully saturated rings. The van der Waals surface area contributed by atoms with E-state index < -0.39 is 0 Å². The standard InChI is InChI=1S/C14H15N5O/c1-9(13-18-16-8-19(13)2)17-14(20)11-5-3-4-10-6-7-15-12(10)11/h3-9,15H,1-2H3,(H,17,20). The van der Waals surface area contributed by atoms with Crippen molar-refractivity contribution >= 4 is 16.8 Å². The number of aryl methyl sites for hydroxylation is 1. The minimum Gasteiger partial charge on any atom is -0.361 e. The molecule has 3 aromatic rings. The molecule has 1 aromatic carbocycles. The second kappa shape index (κ2) is 4.80. The van der Waals surface area contributed by atoms with Crippen LogP contribution in [0.3, 0.4) is 0 Å². The summed E-state index contributed by atoms with van der Waals surface area (Å²) >= 11 is 0. The van der Waals surface area contributed by atoms with Gasteiger partial charge in [-0.1, -0.05) is 12.1 Å². The number of rotatable bonds is 3. The van der Waals surface area contributed by atoms with Crippen molar-refractivity contribution in [2.24, 2.45) is 7.05 Å². The Kier molecular flexibility index (Phi) is 2.98. The maximum Gasteiger partial charge on any atom is 0.253 e. The maximum atomic E-state index is 12.4. The third-order valence-electron chi connectivity index (χ3n) is 3.31. The summed E-state index contributed by atoms with van der Waals surface area (Å²) in [5, 5.41) is 11.8. The molecule has 0 aliphatic carbocycles. The number of nitrogens with one attached hydrogen (secondary N) is 2. The normalized spacial score (nSPS) is 12.5. The molecule has 20 heavy (non-hydrogen) atoms. The van der Waals surface area contributed by atoms with Crippen molar-refractivity contribution < 1.29 is 4.79 Å². The van der Waals surface area contributed by atoms with E-state index >= 15 is 0 Å². The first-order chi connectivity index (χ1) is 9.66. The van der Waals surface area contributed by atoms with E-state index in [1.54, 1.807) is 17.0 Å². The van der Waals surface area contributed by atoms with E-state index in [1.807, 2.05) is 38.4 Å². The molecular formula is C14H15N5O. The monoisotopic (exact) mass is 269 g/mol. The zero-order valence-corrected chi connectivity index (χ0v) is 11.3. The Morgan fingerprint density at radius 2 is 2.25 bits per heavy atom. The summed E-state index contributed by atoms with van der Waals surface area (Å²) in [7, 11) is 1.85. The summed E-state index contributed by atoms with van der Waals surface area (Å²) in [5.41, 5.74) is 1.47. The highest BCUT2D eigenvalue weighted by Gasteiger charge is 2.17. The molecule has 6 nitrogen and oxygen atoms in total. The van der Waals surface area contributed by atoms with Crippen LogP contribution in [0.5, 0.6) is 0 Å². The molecule has 0 saturated heterocycles. The number of H-pyrrole nitrogens is 1. The summed E-state index contributed by atoms with van der Waals surface area (Å²) < 4.78 is 1.79. The number of aromatic amines is 1. The van der Waals surface area contributed by atoms with Crippen molar-refractivity contribution in [2.45, 2.75) is 13.0 Å². The van der Waals surface area contributed by atoms with Gasteiger partial charge in [0.25, 0.3) is 5.91 Å². The molecule has 1 atom stereocenters. The van der Waals surface area contributed by atoms with Crippen LogP contribution in [0.1, 0.15) is 29.1 Å². The van der Waals surface area contributed by atoms with Gasteiger partial charge in [-0.15, -0.1) is 10.2 Å². The second-order valence-corrected chi connectivity index (χ2v) is 4.74. The minimum absolute atomic E-state index is 0.131. The molecule has 2 heterocycles. The highest BCUT2D eigenvalue weighted by Crippen LogP contribution is 2.18. The number of hydrogen-bond donors (Lipinski definition) is 2.